The molecule has 23 heavy (non-hydrogen) atoms. The highest BCUT2D eigenvalue weighted by atomic mass is 35.5. The van der Waals surface area contributed by atoms with E-state index in [-0.39, 0.29) is 5.92 Å². The molecule has 1 aromatic heterocycles. The maximum absolute atomic E-state index is 12.6. The lowest BCUT2D eigenvalue weighted by Gasteiger charge is -2.21. The Hall–Kier alpha value is -1.31. The van der Waals surface area contributed by atoms with Crippen LogP contribution in [0.2, 0.25) is 5.02 Å². The lowest BCUT2D eigenvalue weighted by atomic mass is 9.93. The maximum Gasteiger partial charge on any atom is 0.416 e. The number of nitrogens with one attached hydrogen (secondary N) is 1. The van der Waals surface area contributed by atoms with E-state index >= 15 is 0 Å². The molecule has 1 aliphatic heterocycles. The molecule has 0 saturated carbocycles. The van der Waals surface area contributed by atoms with Crippen LogP contribution in [-0.2, 0) is 6.54 Å². The number of rotatable bonds is 3. The Kier molecular flexibility index (Phi) is 4.53. The van der Waals surface area contributed by atoms with E-state index in [9.17, 15) is 18.3 Å². The summed E-state index contributed by atoms with van der Waals surface area (Å²) in [7, 11) is 0. The van der Waals surface area contributed by atoms with Crippen molar-refractivity contribution in [2.45, 2.75) is 37.6 Å². The zero-order valence-electron chi connectivity index (χ0n) is 12.3. The van der Waals surface area contributed by atoms with Crippen molar-refractivity contribution in [1.82, 2.24) is 15.1 Å². The summed E-state index contributed by atoms with van der Waals surface area (Å²) in [5.74, 6) is 0.182. The van der Waals surface area contributed by atoms with E-state index in [1.54, 1.807) is 18.2 Å². The first-order chi connectivity index (χ1) is 10.9. The van der Waals surface area contributed by atoms with E-state index < -0.39 is 18.8 Å². The minimum absolute atomic E-state index is 0.182. The van der Waals surface area contributed by atoms with Crippen LogP contribution >= 0.6 is 11.6 Å². The zero-order valence-corrected chi connectivity index (χ0v) is 13.0. The molecule has 0 amide bonds. The molecule has 4 nitrogen and oxygen atoms in total. The van der Waals surface area contributed by atoms with Gasteiger partial charge in [-0.1, -0.05) is 11.6 Å². The van der Waals surface area contributed by atoms with Gasteiger partial charge in [0.2, 0.25) is 0 Å². The van der Waals surface area contributed by atoms with E-state index in [4.69, 9.17) is 11.6 Å². The lowest BCUT2D eigenvalue weighted by Crippen LogP contribution is -2.33. The first-order valence-electron chi connectivity index (χ1n) is 7.47. The molecular weight excluding hydrogens is 331 g/mol. The first-order valence-corrected chi connectivity index (χ1v) is 7.85. The number of aliphatic hydroxyl groups excluding tert-OH is 1. The second-order valence-corrected chi connectivity index (χ2v) is 6.25. The van der Waals surface area contributed by atoms with Gasteiger partial charge in [-0.2, -0.15) is 18.3 Å². The van der Waals surface area contributed by atoms with E-state index in [2.05, 4.69) is 10.4 Å². The molecule has 0 unspecified atom stereocenters. The molecule has 1 aliphatic rings. The molecule has 2 aromatic rings. The third kappa shape index (κ3) is 3.46. The molecule has 1 fully saturated rings. The summed E-state index contributed by atoms with van der Waals surface area (Å²) in [5.41, 5.74) is 1.32. The average Bonchev–Trinajstić information content (AvgIpc) is 2.85. The average molecular weight is 348 g/mol. The third-order valence-corrected chi connectivity index (χ3v) is 4.43. The normalized spacial score (nSPS) is 18.5. The van der Waals surface area contributed by atoms with Crippen LogP contribution in [0.1, 0.15) is 24.5 Å². The summed E-state index contributed by atoms with van der Waals surface area (Å²) in [6, 6.07) is 5.00. The Morgan fingerprint density at radius 1 is 1.35 bits per heavy atom. The van der Waals surface area contributed by atoms with Gasteiger partial charge in [0.25, 0.3) is 0 Å². The van der Waals surface area contributed by atoms with E-state index in [1.807, 2.05) is 0 Å². The van der Waals surface area contributed by atoms with Crippen LogP contribution < -0.4 is 5.32 Å². The molecule has 2 heterocycles. The maximum atomic E-state index is 12.6. The van der Waals surface area contributed by atoms with Crippen molar-refractivity contribution >= 4 is 22.5 Å². The van der Waals surface area contributed by atoms with Gasteiger partial charge in [-0.3, -0.25) is 4.68 Å². The Morgan fingerprint density at radius 2 is 2.04 bits per heavy atom. The largest absolute Gasteiger partial charge is 0.416 e. The number of fused-ring (bicyclic) bond motifs is 1. The summed E-state index contributed by atoms with van der Waals surface area (Å²) in [6.07, 6.45) is -5.36. The van der Waals surface area contributed by atoms with E-state index in [1.165, 1.54) is 4.68 Å². The molecule has 2 N–H and O–H groups in total. The number of alkyl halides is 3. The molecule has 0 aliphatic carbocycles. The smallest absolute Gasteiger partial charge is 0.382 e. The molecule has 0 bridgehead atoms. The van der Waals surface area contributed by atoms with Gasteiger partial charge in [0, 0.05) is 16.3 Å². The minimum atomic E-state index is -4.67. The van der Waals surface area contributed by atoms with Crippen LogP contribution in [0, 0.1) is 0 Å². The summed E-state index contributed by atoms with van der Waals surface area (Å²) in [5, 5.41) is 18.3. The van der Waals surface area contributed by atoms with Crippen LogP contribution in [0.15, 0.2) is 18.2 Å². The van der Waals surface area contributed by atoms with Crippen molar-refractivity contribution in [3.63, 3.8) is 0 Å². The number of halogens is 4. The molecular formula is C15H17ClF3N3O. The van der Waals surface area contributed by atoms with Gasteiger partial charge in [0.1, 0.15) is 0 Å². The molecule has 1 aromatic carbocycles. The van der Waals surface area contributed by atoms with Crippen molar-refractivity contribution < 1.29 is 18.3 Å². The number of benzene rings is 1. The monoisotopic (exact) mass is 347 g/mol. The van der Waals surface area contributed by atoms with E-state index in [0.717, 1.165) is 37.0 Å². The number of hydrogen-bond donors (Lipinski definition) is 2. The van der Waals surface area contributed by atoms with Gasteiger partial charge >= 0.3 is 6.18 Å². The molecule has 3 rings (SSSR count). The second kappa shape index (κ2) is 6.30. The minimum Gasteiger partial charge on any atom is -0.382 e. The number of nitrogens with zero attached hydrogens (tertiary/aromatic N) is 2. The Labute approximate surface area is 136 Å². The van der Waals surface area contributed by atoms with Crippen LogP contribution in [0.25, 0.3) is 10.9 Å². The number of aromatic nitrogens is 2. The zero-order chi connectivity index (χ0) is 16.6. The van der Waals surface area contributed by atoms with E-state index in [0.29, 0.717) is 10.5 Å². The summed E-state index contributed by atoms with van der Waals surface area (Å²) in [6.45, 7) is 1.09. The molecule has 1 saturated heterocycles. The Bertz CT molecular complexity index is 695. The number of aliphatic hydroxyl groups is 1. The van der Waals surface area contributed by atoms with Crippen LogP contribution in [0.5, 0.6) is 0 Å². The molecule has 126 valence electrons. The highest BCUT2D eigenvalue weighted by Gasteiger charge is 2.39. The third-order valence-electron chi connectivity index (χ3n) is 4.19. The van der Waals surface area contributed by atoms with Gasteiger partial charge in [-0.05, 0) is 44.1 Å². The van der Waals surface area contributed by atoms with Crippen molar-refractivity contribution in [3.8, 4) is 0 Å². The predicted octanol–water partition coefficient (Wildman–Crippen LogP) is 3.08. The topological polar surface area (TPSA) is 50.1 Å². The van der Waals surface area contributed by atoms with Crippen LogP contribution in [-0.4, -0.2) is 40.3 Å². The summed E-state index contributed by atoms with van der Waals surface area (Å²) in [4.78, 5) is 0. The van der Waals surface area contributed by atoms with Crippen molar-refractivity contribution in [1.29, 1.82) is 0 Å². The SMILES string of the molecule is O[C@H](Cn1nc(C2CCNCC2)c2cc(Cl)ccc21)C(F)(F)F. The number of piperidine rings is 1. The second-order valence-electron chi connectivity index (χ2n) is 5.81. The van der Waals surface area contributed by atoms with Gasteiger partial charge in [-0.25, -0.2) is 0 Å². The highest BCUT2D eigenvalue weighted by molar-refractivity contribution is 6.31. The van der Waals surface area contributed by atoms with Crippen LogP contribution in [0.4, 0.5) is 13.2 Å². The first kappa shape index (κ1) is 16.5. The fourth-order valence-electron chi connectivity index (χ4n) is 2.98. The molecule has 0 radical (unpaired) electrons. The standard InChI is InChI=1S/C15H17ClF3N3O/c16-10-1-2-12-11(7-10)14(9-3-5-20-6-4-9)21-22(12)8-13(23)15(17,18)19/h1-2,7,9,13,20,23H,3-6,8H2/t13-/m1/s1. The fraction of sp³-hybridized carbons (Fsp3) is 0.533. The van der Waals surface area contributed by atoms with Gasteiger partial charge in [0.15, 0.2) is 6.10 Å². The molecule has 8 heteroatoms. The Morgan fingerprint density at radius 3 is 2.70 bits per heavy atom. The summed E-state index contributed by atoms with van der Waals surface area (Å²) < 4.78 is 39.2. The van der Waals surface area contributed by atoms with Gasteiger partial charge in [-0.15, -0.1) is 0 Å². The lowest BCUT2D eigenvalue weighted by molar-refractivity contribution is -0.207. The molecule has 1 atom stereocenters. The Balaban J connectivity index is 2.01. The van der Waals surface area contributed by atoms with Crippen molar-refractivity contribution in [3.05, 3.63) is 28.9 Å². The molecule has 0 spiro atoms. The van der Waals surface area contributed by atoms with Crippen LogP contribution in [0.3, 0.4) is 0 Å². The summed E-state index contributed by atoms with van der Waals surface area (Å²) >= 11 is 6.04. The quantitative estimate of drug-likeness (QED) is 0.897. The highest BCUT2D eigenvalue weighted by Crippen LogP contribution is 2.33. The predicted molar refractivity (Wildman–Crippen MR) is 81.6 cm³/mol. The van der Waals surface area contributed by atoms with Crippen molar-refractivity contribution in [2.24, 2.45) is 0 Å². The van der Waals surface area contributed by atoms with Crippen molar-refractivity contribution in [2.75, 3.05) is 13.1 Å². The van der Waals surface area contributed by atoms with Gasteiger partial charge in [0.05, 0.1) is 17.8 Å². The number of hydrogen-bond acceptors (Lipinski definition) is 3. The van der Waals surface area contributed by atoms with Gasteiger partial charge < -0.3 is 10.4 Å². The fourth-order valence-corrected chi connectivity index (χ4v) is 3.15.